The summed E-state index contributed by atoms with van der Waals surface area (Å²) in [4.78, 5) is 12.1. The van der Waals surface area contributed by atoms with Crippen molar-refractivity contribution >= 4 is 5.91 Å². The van der Waals surface area contributed by atoms with Crippen LogP contribution in [0.5, 0.6) is 5.75 Å². The molecule has 7 heteroatoms. The van der Waals surface area contributed by atoms with E-state index in [4.69, 9.17) is 9.15 Å². The number of halogens is 2. The van der Waals surface area contributed by atoms with Crippen LogP contribution in [-0.4, -0.2) is 30.3 Å². The standard InChI is InChI=1S/C17H19F2NO4/c1-9-10(2)24-11(3)16(9)17(22)20-7-12(21)8-23-13-4-5-14(18)15(19)6-13/h4-6,12,21H,7-8H2,1-3H3,(H,20,22). The van der Waals surface area contributed by atoms with E-state index in [-0.39, 0.29) is 24.8 Å². The van der Waals surface area contributed by atoms with E-state index >= 15 is 0 Å². The SMILES string of the molecule is Cc1oc(C)c(C(=O)NCC(O)COc2ccc(F)c(F)c2)c1C. The second kappa shape index (κ2) is 7.44. The van der Waals surface area contributed by atoms with E-state index in [1.807, 2.05) is 0 Å². The van der Waals surface area contributed by atoms with Gasteiger partial charge in [0.25, 0.3) is 5.91 Å². The highest BCUT2D eigenvalue weighted by atomic mass is 19.2. The smallest absolute Gasteiger partial charge is 0.255 e. The second-order valence-corrected chi connectivity index (χ2v) is 5.47. The fourth-order valence-corrected chi connectivity index (χ4v) is 2.24. The van der Waals surface area contributed by atoms with Gasteiger partial charge in [0, 0.05) is 18.2 Å². The van der Waals surface area contributed by atoms with Crippen molar-refractivity contribution < 1.29 is 27.8 Å². The van der Waals surface area contributed by atoms with E-state index in [1.165, 1.54) is 6.07 Å². The highest BCUT2D eigenvalue weighted by Gasteiger charge is 2.19. The molecule has 2 rings (SSSR count). The molecule has 1 aromatic carbocycles. The molecule has 0 aliphatic carbocycles. The number of nitrogens with one attached hydrogen (secondary N) is 1. The minimum atomic E-state index is -1.03. The Kier molecular flexibility index (Phi) is 5.56. The van der Waals surface area contributed by atoms with Crippen LogP contribution in [0.4, 0.5) is 8.78 Å². The number of carbonyl (C=O) groups is 1. The Hall–Kier alpha value is -2.41. The zero-order valence-electron chi connectivity index (χ0n) is 13.7. The molecule has 1 amide bonds. The lowest BCUT2D eigenvalue weighted by Crippen LogP contribution is -2.35. The van der Waals surface area contributed by atoms with Gasteiger partial charge in [-0.3, -0.25) is 4.79 Å². The van der Waals surface area contributed by atoms with Gasteiger partial charge in [0.15, 0.2) is 11.6 Å². The summed E-state index contributed by atoms with van der Waals surface area (Å²) in [6, 6.07) is 3.08. The number of ether oxygens (including phenoxy) is 1. The molecule has 0 saturated carbocycles. The number of rotatable bonds is 6. The molecule has 24 heavy (non-hydrogen) atoms. The molecule has 1 aromatic heterocycles. The number of carbonyl (C=O) groups excluding carboxylic acids is 1. The maximum atomic E-state index is 13.0. The van der Waals surface area contributed by atoms with Gasteiger partial charge >= 0.3 is 0 Å². The Morgan fingerprint density at radius 1 is 1.25 bits per heavy atom. The van der Waals surface area contributed by atoms with E-state index < -0.39 is 17.7 Å². The molecule has 2 N–H and O–H groups in total. The minimum Gasteiger partial charge on any atom is -0.491 e. The van der Waals surface area contributed by atoms with Gasteiger partial charge in [-0.2, -0.15) is 0 Å². The van der Waals surface area contributed by atoms with Gasteiger partial charge in [0.05, 0.1) is 5.56 Å². The normalized spacial score (nSPS) is 12.1. The molecule has 2 aromatic rings. The predicted octanol–water partition coefficient (Wildman–Crippen LogP) is 2.65. The molecule has 0 saturated heterocycles. The van der Waals surface area contributed by atoms with Crippen molar-refractivity contribution in [2.24, 2.45) is 0 Å². The van der Waals surface area contributed by atoms with Crippen molar-refractivity contribution in [2.75, 3.05) is 13.2 Å². The van der Waals surface area contributed by atoms with Gasteiger partial charge in [-0.25, -0.2) is 8.78 Å². The van der Waals surface area contributed by atoms with E-state index in [2.05, 4.69) is 5.32 Å². The van der Waals surface area contributed by atoms with Gasteiger partial charge < -0.3 is 19.6 Å². The number of aliphatic hydroxyl groups is 1. The zero-order valence-corrected chi connectivity index (χ0v) is 13.7. The second-order valence-electron chi connectivity index (χ2n) is 5.47. The molecule has 0 bridgehead atoms. The molecule has 130 valence electrons. The summed E-state index contributed by atoms with van der Waals surface area (Å²) in [5, 5.41) is 12.4. The fraction of sp³-hybridized carbons (Fsp3) is 0.353. The highest BCUT2D eigenvalue weighted by Crippen LogP contribution is 2.20. The topological polar surface area (TPSA) is 71.7 Å². The van der Waals surface area contributed by atoms with Crippen LogP contribution < -0.4 is 10.1 Å². The van der Waals surface area contributed by atoms with Crippen molar-refractivity contribution in [2.45, 2.75) is 26.9 Å². The third-order valence-corrected chi connectivity index (χ3v) is 3.62. The Morgan fingerprint density at radius 3 is 2.54 bits per heavy atom. The Bertz CT molecular complexity index is 742. The van der Waals surface area contributed by atoms with Gasteiger partial charge in [0.2, 0.25) is 0 Å². The average molecular weight is 339 g/mol. The summed E-state index contributed by atoms with van der Waals surface area (Å²) in [5.74, 6) is -1.09. The van der Waals surface area contributed by atoms with Crippen molar-refractivity contribution in [3.8, 4) is 5.75 Å². The molecule has 0 spiro atoms. The van der Waals surface area contributed by atoms with Crippen LogP contribution in [0.15, 0.2) is 22.6 Å². The van der Waals surface area contributed by atoms with Crippen LogP contribution in [0.2, 0.25) is 0 Å². The average Bonchev–Trinajstić information content (AvgIpc) is 2.79. The van der Waals surface area contributed by atoms with Crippen LogP contribution in [0.1, 0.15) is 27.4 Å². The molecular formula is C17H19F2NO4. The highest BCUT2D eigenvalue weighted by molar-refractivity contribution is 5.96. The summed E-state index contributed by atoms with van der Waals surface area (Å²) in [6.07, 6.45) is -1.00. The molecule has 1 heterocycles. The quantitative estimate of drug-likeness (QED) is 0.849. The maximum Gasteiger partial charge on any atom is 0.255 e. The van der Waals surface area contributed by atoms with Gasteiger partial charge in [-0.1, -0.05) is 0 Å². The van der Waals surface area contributed by atoms with Crippen LogP contribution in [0.25, 0.3) is 0 Å². The lowest BCUT2D eigenvalue weighted by molar-refractivity contribution is 0.0841. The van der Waals surface area contributed by atoms with Crippen LogP contribution in [-0.2, 0) is 0 Å². The van der Waals surface area contributed by atoms with Crippen LogP contribution >= 0.6 is 0 Å². The van der Waals surface area contributed by atoms with E-state index in [9.17, 15) is 18.7 Å². The fourth-order valence-electron chi connectivity index (χ4n) is 2.24. The summed E-state index contributed by atoms with van der Waals surface area (Å²) < 4.78 is 36.4. The van der Waals surface area contributed by atoms with Crippen molar-refractivity contribution in [1.29, 1.82) is 0 Å². The molecular weight excluding hydrogens is 320 g/mol. The minimum absolute atomic E-state index is 0.0500. The number of aliphatic hydroxyl groups excluding tert-OH is 1. The van der Waals surface area contributed by atoms with Crippen molar-refractivity contribution in [1.82, 2.24) is 5.32 Å². The monoisotopic (exact) mass is 339 g/mol. The maximum absolute atomic E-state index is 13.0. The van der Waals surface area contributed by atoms with Crippen molar-refractivity contribution in [3.05, 3.63) is 52.5 Å². The molecule has 1 unspecified atom stereocenters. The number of aryl methyl sites for hydroxylation is 2. The molecule has 0 aliphatic heterocycles. The van der Waals surface area contributed by atoms with E-state index in [0.717, 1.165) is 17.7 Å². The molecule has 5 nitrogen and oxygen atoms in total. The first kappa shape index (κ1) is 17.9. The number of hydrogen-bond acceptors (Lipinski definition) is 4. The number of benzene rings is 1. The molecule has 0 radical (unpaired) electrons. The molecule has 1 atom stereocenters. The van der Waals surface area contributed by atoms with Gasteiger partial charge in [-0.05, 0) is 32.9 Å². The summed E-state index contributed by atoms with van der Waals surface area (Å²) in [5.41, 5.74) is 1.19. The number of amides is 1. The number of hydrogen-bond donors (Lipinski definition) is 2. The largest absolute Gasteiger partial charge is 0.491 e. The lowest BCUT2D eigenvalue weighted by atomic mass is 10.1. The first-order valence-corrected chi connectivity index (χ1v) is 7.40. The van der Waals surface area contributed by atoms with Gasteiger partial charge in [-0.15, -0.1) is 0 Å². The lowest BCUT2D eigenvalue weighted by Gasteiger charge is -2.13. The van der Waals surface area contributed by atoms with Crippen molar-refractivity contribution in [3.63, 3.8) is 0 Å². The van der Waals surface area contributed by atoms with Crippen LogP contribution in [0, 0.1) is 32.4 Å². The zero-order chi connectivity index (χ0) is 17.9. The summed E-state index contributed by atoms with van der Waals surface area (Å²) >= 11 is 0. The third kappa shape index (κ3) is 4.11. The Morgan fingerprint density at radius 2 is 1.96 bits per heavy atom. The predicted molar refractivity (Wildman–Crippen MR) is 83.1 cm³/mol. The number of furan rings is 1. The summed E-state index contributed by atoms with van der Waals surface area (Å²) in [6.45, 7) is 5.02. The summed E-state index contributed by atoms with van der Waals surface area (Å²) in [7, 11) is 0. The third-order valence-electron chi connectivity index (χ3n) is 3.62. The van der Waals surface area contributed by atoms with E-state index in [1.54, 1.807) is 20.8 Å². The molecule has 0 aliphatic rings. The molecule has 0 fully saturated rings. The van der Waals surface area contributed by atoms with Crippen LogP contribution in [0.3, 0.4) is 0 Å². The van der Waals surface area contributed by atoms with Gasteiger partial charge in [0.1, 0.15) is 30.0 Å². The Balaban J connectivity index is 1.85. The first-order valence-electron chi connectivity index (χ1n) is 7.40. The van der Waals surface area contributed by atoms with E-state index in [0.29, 0.717) is 17.1 Å². The first-order chi connectivity index (χ1) is 11.3. The Labute approximate surface area is 138 Å².